The molecule has 32 heavy (non-hydrogen) atoms. The van der Waals surface area contributed by atoms with Crippen molar-refractivity contribution in [3.8, 4) is 23.0 Å². The van der Waals surface area contributed by atoms with Crippen LogP contribution in [0, 0.1) is 13.8 Å². The number of amides is 1. The molecule has 0 aliphatic carbocycles. The molecule has 0 radical (unpaired) electrons. The smallest absolute Gasteiger partial charge is 0.255 e. The predicted octanol–water partition coefficient (Wildman–Crippen LogP) is 6.16. The summed E-state index contributed by atoms with van der Waals surface area (Å²) in [5.74, 6) is 1.44. The average Bonchev–Trinajstić information content (AvgIpc) is 3.20. The molecule has 1 aromatic heterocycles. The quantitative estimate of drug-likeness (QED) is 0.380. The minimum absolute atomic E-state index is 0.258. The lowest BCUT2D eigenvalue weighted by atomic mass is 10.1. The Labute approximate surface area is 187 Å². The Morgan fingerprint density at radius 2 is 1.88 bits per heavy atom. The number of rotatable bonds is 7. The van der Waals surface area contributed by atoms with Gasteiger partial charge in [-0.15, -0.1) is 0 Å². The number of methoxy groups -OCH3 is 1. The van der Waals surface area contributed by atoms with Gasteiger partial charge in [-0.25, -0.2) is 4.98 Å². The first kappa shape index (κ1) is 21.4. The van der Waals surface area contributed by atoms with Crippen LogP contribution >= 0.6 is 0 Å². The standard InChI is InChI=1S/C26H26N2O4/c1-5-11-31-20-8-6-7-18(14-20)25(29)27-22-15-19(9-10-23(22)30-4)26-28-21-12-16(2)17(3)13-24(21)32-26/h6-10,12-15H,5,11H2,1-4H3,(H,27,29). The third-order valence-corrected chi connectivity index (χ3v) is 5.27. The van der Waals surface area contributed by atoms with Crippen molar-refractivity contribution >= 4 is 22.7 Å². The van der Waals surface area contributed by atoms with E-state index in [1.165, 1.54) is 0 Å². The lowest BCUT2D eigenvalue weighted by molar-refractivity contribution is 0.102. The van der Waals surface area contributed by atoms with E-state index < -0.39 is 0 Å². The van der Waals surface area contributed by atoms with Gasteiger partial charge in [-0.2, -0.15) is 0 Å². The van der Waals surface area contributed by atoms with Crippen LogP contribution in [0.5, 0.6) is 11.5 Å². The summed E-state index contributed by atoms with van der Waals surface area (Å²) in [5, 5.41) is 2.93. The van der Waals surface area contributed by atoms with Gasteiger partial charge in [0, 0.05) is 11.1 Å². The number of aryl methyl sites for hydroxylation is 2. The van der Waals surface area contributed by atoms with Crippen LogP contribution in [0.15, 0.2) is 59.0 Å². The molecule has 1 N–H and O–H groups in total. The average molecular weight is 431 g/mol. The van der Waals surface area contributed by atoms with Crippen LogP contribution in [-0.2, 0) is 0 Å². The molecule has 3 aromatic carbocycles. The van der Waals surface area contributed by atoms with E-state index in [4.69, 9.17) is 13.9 Å². The Bertz CT molecular complexity index is 1240. The second-order valence-corrected chi connectivity index (χ2v) is 7.67. The molecule has 0 aliphatic heterocycles. The third kappa shape index (κ3) is 4.44. The van der Waals surface area contributed by atoms with Crippen LogP contribution in [-0.4, -0.2) is 24.6 Å². The zero-order valence-electron chi connectivity index (χ0n) is 18.7. The number of carbonyl (C=O) groups excluding carboxylic acids is 1. The minimum Gasteiger partial charge on any atom is -0.495 e. The van der Waals surface area contributed by atoms with Crippen LogP contribution in [0.2, 0.25) is 0 Å². The minimum atomic E-state index is -0.258. The van der Waals surface area contributed by atoms with Crippen LogP contribution in [0.25, 0.3) is 22.6 Å². The van der Waals surface area contributed by atoms with Crippen molar-refractivity contribution in [3.05, 3.63) is 71.3 Å². The number of hydrogen-bond acceptors (Lipinski definition) is 5. The number of nitrogens with one attached hydrogen (secondary N) is 1. The van der Waals surface area contributed by atoms with Crippen molar-refractivity contribution in [3.63, 3.8) is 0 Å². The van der Waals surface area contributed by atoms with Gasteiger partial charge >= 0.3 is 0 Å². The summed E-state index contributed by atoms with van der Waals surface area (Å²) in [4.78, 5) is 17.5. The molecule has 1 amide bonds. The molecule has 0 aliphatic rings. The van der Waals surface area contributed by atoms with Crippen LogP contribution in [0.4, 0.5) is 5.69 Å². The number of nitrogens with zero attached hydrogens (tertiary/aromatic N) is 1. The highest BCUT2D eigenvalue weighted by molar-refractivity contribution is 6.05. The summed E-state index contributed by atoms with van der Waals surface area (Å²) in [6.45, 7) is 6.73. The Hall–Kier alpha value is -3.80. The fraction of sp³-hybridized carbons (Fsp3) is 0.231. The Morgan fingerprint density at radius 1 is 1.06 bits per heavy atom. The molecule has 4 rings (SSSR count). The van der Waals surface area contributed by atoms with Crippen molar-refractivity contribution in [2.75, 3.05) is 19.0 Å². The van der Waals surface area contributed by atoms with E-state index in [1.54, 1.807) is 37.4 Å². The van der Waals surface area contributed by atoms with Gasteiger partial charge in [0.2, 0.25) is 5.89 Å². The Kier molecular flexibility index (Phi) is 6.12. The van der Waals surface area contributed by atoms with Crippen LogP contribution in [0.3, 0.4) is 0 Å². The molecule has 0 saturated heterocycles. The fourth-order valence-electron chi connectivity index (χ4n) is 3.38. The van der Waals surface area contributed by atoms with E-state index in [0.717, 1.165) is 34.2 Å². The van der Waals surface area contributed by atoms with Gasteiger partial charge in [0.15, 0.2) is 5.58 Å². The van der Waals surface area contributed by atoms with Crippen LogP contribution < -0.4 is 14.8 Å². The van der Waals surface area contributed by atoms with E-state index >= 15 is 0 Å². The van der Waals surface area contributed by atoms with E-state index in [9.17, 15) is 4.79 Å². The first-order valence-corrected chi connectivity index (χ1v) is 10.6. The molecule has 1 heterocycles. The molecule has 0 fully saturated rings. The molecule has 0 saturated carbocycles. The summed E-state index contributed by atoms with van der Waals surface area (Å²) in [7, 11) is 1.56. The zero-order valence-corrected chi connectivity index (χ0v) is 18.7. The highest BCUT2D eigenvalue weighted by Gasteiger charge is 2.15. The third-order valence-electron chi connectivity index (χ3n) is 5.27. The molecule has 0 spiro atoms. The fourth-order valence-corrected chi connectivity index (χ4v) is 3.38. The molecule has 0 bridgehead atoms. The highest BCUT2D eigenvalue weighted by Crippen LogP contribution is 2.33. The number of anilines is 1. The molecule has 6 heteroatoms. The molecule has 164 valence electrons. The van der Waals surface area contributed by atoms with E-state index in [-0.39, 0.29) is 5.91 Å². The predicted molar refractivity (Wildman–Crippen MR) is 126 cm³/mol. The Balaban J connectivity index is 1.63. The SMILES string of the molecule is CCCOc1cccc(C(=O)Nc2cc(-c3nc4cc(C)c(C)cc4o3)ccc2OC)c1. The lowest BCUT2D eigenvalue weighted by Crippen LogP contribution is -2.13. The van der Waals surface area contributed by atoms with Crippen molar-refractivity contribution in [1.29, 1.82) is 0 Å². The Morgan fingerprint density at radius 3 is 2.66 bits per heavy atom. The molecule has 4 aromatic rings. The first-order valence-electron chi connectivity index (χ1n) is 10.6. The van der Waals surface area contributed by atoms with Gasteiger partial charge in [-0.1, -0.05) is 13.0 Å². The van der Waals surface area contributed by atoms with E-state index in [1.807, 2.05) is 45.0 Å². The summed E-state index contributed by atoms with van der Waals surface area (Å²) in [6.07, 6.45) is 0.898. The summed E-state index contributed by atoms with van der Waals surface area (Å²) in [6, 6.07) is 16.6. The number of hydrogen-bond donors (Lipinski definition) is 1. The number of ether oxygens (including phenoxy) is 2. The second kappa shape index (κ2) is 9.14. The molecule has 0 atom stereocenters. The number of benzene rings is 3. The van der Waals surface area contributed by atoms with E-state index in [0.29, 0.717) is 35.2 Å². The van der Waals surface area contributed by atoms with Gasteiger partial charge in [0.05, 0.1) is 19.4 Å². The number of fused-ring (bicyclic) bond motifs is 1. The van der Waals surface area contributed by atoms with Crippen molar-refractivity contribution in [2.45, 2.75) is 27.2 Å². The maximum atomic E-state index is 12.9. The number of oxazole rings is 1. The maximum absolute atomic E-state index is 12.9. The topological polar surface area (TPSA) is 73.6 Å². The number of aromatic nitrogens is 1. The normalized spacial score (nSPS) is 10.9. The monoisotopic (exact) mass is 430 g/mol. The zero-order chi connectivity index (χ0) is 22.7. The van der Waals surface area contributed by atoms with Crippen LogP contribution in [0.1, 0.15) is 34.8 Å². The molecule has 0 unspecified atom stereocenters. The molecular weight excluding hydrogens is 404 g/mol. The largest absolute Gasteiger partial charge is 0.495 e. The molecular formula is C26H26N2O4. The van der Waals surface area contributed by atoms with Gasteiger partial charge in [0.25, 0.3) is 5.91 Å². The summed E-state index contributed by atoms with van der Waals surface area (Å²) in [5.41, 5.74) is 5.61. The lowest BCUT2D eigenvalue weighted by Gasteiger charge is -2.12. The highest BCUT2D eigenvalue weighted by atomic mass is 16.5. The molecule has 6 nitrogen and oxygen atoms in total. The summed E-state index contributed by atoms with van der Waals surface area (Å²) < 4.78 is 17.1. The van der Waals surface area contributed by atoms with Crippen molar-refractivity contribution < 1.29 is 18.7 Å². The maximum Gasteiger partial charge on any atom is 0.255 e. The van der Waals surface area contributed by atoms with Crippen molar-refractivity contribution in [2.24, 2.45) is 0 Å². The van der Waals surface area contributed by atoms with E-state index in [2.05, 4.69) is 10.3 Å². The second-order valence-electron chi connectivity index (χ2n) is 7.67. The van der Waals surface area contributed by atoms with Gasteiger partial charge in [-0.3, -0.25) is 4.79 Å². The van der Waals surface area contributed by atoms with Gasteiger partial charge < -0.3 is 19.2 Å². The summed E-state index contributed by atoms with van der Waals surface area (Å²) >= 11 is 0. The van der Waals surface area contributed by atoms with Gasteiger partial charge in [0.1, 0.15) is 17.0 Å². The van der Waals surface area contributed by atoms with Gasteiger partial charge in [-0.05, 0) is 79.9 Å². The number of carbonyl (C=O) groups is 1. The van der Waals surface area contributed by atoms with Crippen molar-refractivity contribution in [1.82, 2.24) is 4.98 Å². The first-order chi connectivity index (χ1) is 15.5.